The number of ether oxygens (including phenoxy) is 1. The van der Waals surface area contributed by atoms with Crippen LogP contribution in [0.2, 0.25) is 0 Å². The first-order valence-electron chi connectivity index (χ1n) is 10.7. The molecule has 0 aliphatic carbocycles. The van der Waals surface area contributed by atoms with Gasteiger partial charge in [-0.05, 0) is 39.2 Å². The van der Waals surface area contributed by atoms with Gasteiger partial charge in [0, 0.05) is 16.8 Å². The number of methoxy groups -OCH3 is 1. The van der Waals surface area contributed by atoms with Crippen LogP contribution < -0.4 is 21.7 Å². The lowest BCUT2D eigenvalue weighted by Crippen LogP contribution is -2.40. The zero-order valence-corrected chi connectivity index (χ0v) is 21.8. The molecular weight excluding hydrogens is 488 g/mol. The van der Waals surface area contributed by atoms with Gasteiger partial charge in [0.15, 0.2) is 5.16 Å². The largest absolute Gasteiger partial charge is 0.468 e. The summed E-state index contributed by atoms with van der Waals surface area (Å²) in [5, 5.41) is 9.58. The number of anilines is 2. The lowest BCUT2D eigenvalue weighted by Gasteiger charge is -2.20. The van der Waals surface area contributed by atoms with Crippen molar-refractivity contribution in [1.29, 1.82) is 0 Å². The fourth-order valence-electron chi connectivity index (χ4n) is 3.17. The third kappa shape index (κ3) is 6.68. The van der Waals surface area contributed by atoms with Crippen molar-refractivity contribution in [2.24, 2.45) is 0 Å². The molecule has 0 bridgehead atoms. The second-order valence-electron chi connectivity index (χ2n) is 8.60. The number of rotatable bonds is 8. The number of thioether (sulfide) groups is 1. The Bertz CT molecular complexity index is 1270. The zero-order valence-electron chi connectivity index (χ0n) is 20.1. The second kappa shape index (κ2) is 11.0. The van der Waals surface area contributed by atoms with Crippen molar-refractivity contribution in [1.82, 2.24) is 20.6 Å². The highest BCUT2D eigenvalue weighted by molar-refractivity contribution is 7.98. The number of amides is 2. The van der Waals surface area contributed by atoms with Gasteiger partial charge >= 0.3 is 5.97 Å². The fourth-order valence-corrected chi connectivity index (χ4v) is 4.58. The predicted octanol–water partition coefficient (Wildman–Crippen LogP) is 2.89. The van der Waals surface area contributed by atoms with Crippen molar-refractivity contribution in [2.75, 3.05) is 37.5 Å². The molecule has 0 spiro atoms. The summed E-state index contributed by atoms with van der Waals surface area (Å²) >= 11 is 2.60. The molecule has 0 unspecified atom stereocenters. The quantitative estimate of drug-likeness (QED) is 0.201. The number of carbonyl (C=O) groups excluding carboxylic acids is 3. The maximum atomic E-state index is 12.9. The number of esters is 1. The number of nitrogens with two attached hydrogens (primary N) is 1. The first kappa shape index (κ1) is 26.4. The van der Waals surface area contributed by atoms with Gasteiger partial charge in [0.05, 0.1) is 37.0 Å². The van der Waals surface area contributed by atoms with Crippen molar-refractivity contribution in [2.45, 2.75) is 31.5 Å². The summed E-state index contributed by atoms with van der Waals surface area (Å²) in [5.41, 5.74) is 8.17. The molecule has 0 saturated heterocycles. The van der Waals surface area contributed by atoms with Crippen LogP contribution in [0.15, 0.2) is 29.4 Å². The highest BCUT2D eigenvalue weighted by Gasteiger charge is 2.24. The summed E-state index contributed by atoms with van der Waals surface area (Å²) in [4.78, 5) is 46.5. The van der Waals surface area contributed by atoms with Crippen LogP contribution in [0.5, 0.6) is 0 Å². The number of nitrogens with one attached hydrogen (secondary N) is 3. The lowest BCUT2D eigenvalue weighted by molar-refractivity contribution is -0.139. The number of fused-ring (bicyclic) bond motifs is 1. The van der Waals surface area contributed by atoms with Crippen LogP contribution in [0, 0.1) is 0 Å². The van der Waals surface area contributed by atoms with Crippen molar-refractivity contribution >= 4 is 62.5 Å². The van der Waals surface area contributed by atoms with Crippen LogP contribution >= 0.6 is 23.1 Å². The molecule has 35 heavy (non-hydrogen) atoms. The van der Waals surface area contributed by atoms with E-state index in [1.807, 2.05) is 33.1 Å². The summed E-state index contributed by atoms with van der Waals surface area (Å²) in [6, 6.07) is 7.16. The minimum atomic E-state index is -0.457. The highest BCUT2D eigenvalue weighted by atomic mass is 32.2. The SMILES string of the molecule is COC(=O)CNCC(=O)Nc1cccc(-c2nc(SC)nc3sc(C(=O)NC(C)(C)C)c(N)c23)c1. The van der Waals surface area contributed by atoms with Crippen LogP contribution in [0.3, 0.4) is 0 Å². The van der Waals surface area contributed by atoms with Gasteiger partial charge < -0.3 is 21.1 Å². The molecule has 10 nitrogen and oxygen atoms in total. The molecule has 0 fully saturated rings. The number of thiophene rings is 1. The average Bonchev–Trinajstić information content (AvgIpc) is 3.13. The highest BCUT2D eigenvalue weighted by Crippen LogP contribution is 2.39. The summed E-state index contributed by atoms with van der Waals surface area (Å²) < 4.78 is 4.54. The second-order valence-corrected chi connectivity index (χ2v) is 10.4. The number of hydrogen-bond acceptors (Lipinski definition) is 10. The van der Waals surface area contributed by atoms with Crippen molar-refractivity contribution in [3.05, 3.63) is 29.1 Å². The van der Waals surface area contributed by atoms with E-state index >= 15 is 0 Å². The van der Waals surface area contributed by atoms with E-state index in [0.717, 1.165) is 0 Å². The Balaban J connectivity index is 1.95. The standard InChI is InChI=1S/C23H28N6O4S2/c1-23(2,3)29-20(32)19-17(24)16-18(27-22(34-5)28-21(16)35-19)12-7-6-8-13(9-12)26-14(30)10-25-11-15(31)33-4/h6-9,25H,10-11,24H2,1-5H3,(H,26,30)(H,29,32). The molecule has 0 saturated carbocycles. The molecule has 2 amide bonds. The number of aromatic nitrogens is 2. The Labute approximate surface area is 211 Å². The molecule has 12 heteroatoms. The predicted molar refractivity (Wildman–Crippen MR) is 140 cm³/mol. The minimum absolute atomic E-state index is 0.0581. The molecule has 3 aromatic rings. The van der Waals surface area contributed by atoms with Crippen LogP contribution in [0.1, 0.15) is 30.4 Å². The van der Waals surface area contributed by atoms with E-state index in [1.165, 1.54) is 30.2 Å². The topological polar surface area (TPSA) is 148 Å². The third-order valence-electron chi connectivity index (χ3n) is 4.65. The first-order valence-corrected chi connectivity index (χ1v) is 12.7. The average molecular weight is 517 g/mol. The van der Waals surface area contributed by atoms with Gasteiger partial charge in [-0.1, -0.05) is 23.9 Å². The summed E-state index contributed by atoms with van der Waals surface area (Å²) in [6.07, 6.45) is 1.87. The van der Waals surface area contributed by atoms with Gasteiger partial charge in [-0.3, -0.25) is 19.7 Å². The molecule has 5 N–H and O–H groups in total. The maximum Gasteiger partial charge on any atom is 0.319 e. The Morgan fingerprint density at radius 2 is 1.91 bits per heavy atom. The van der Waals surface area contributed by atoms with Gasteiger partial charge in [-0.25, -0.2) is 9.97 Å². The van der Waals surface area contributed by atoms with E-state index in [1.54, 1.807) is 18.2 Å². The number of nitrogen functional groups attached to an aromatic ring is 1. The molecule has 2 aromatic heterocycles. The lowest BCUT2D eigenvalue weighted by atomic mass is 10.1. The van der Waals surface area contributed by atoms with Crippen LogP contribution in [0.4, 0.5) is 11.4 Å². The van der Waals surface area contributed by atoms with Gasteiger partial charge in [-0.2, -0.15) is 0 Å². The van der Waals surface area contributed by atoms with E-state index in [0.29, 0.717) is 42.9 Å². The van der Waals surface area contributed by atoms with Gasteiger partial charge in [0.2, 0.25) is 5.91 Å². The van der Waals surface area contributed by atoms with Crippen LogP contribution in [0.25, 0.3) is 21.5 Å². The number of nitrogens with zero attached hydrogens (tertiary/aromatic N) is 2. The normalized spacial score (nSPS) is 11.3. The van der Waals surface area contributed by atoms with Gasteiger partial charge in [0.1, 0.15) is 9.71 Å². The summed E-state index contributed by atoms with van der Waals surface area (Å²) in [7, 11) is 1.28. The van der Waals surface area contributed by atoms with E-state index < -0.39 is 11.5 Å². The Hall–Kier alpha value is -3.22. The monoisotopic (exact) mass is 516 g/mol. The zero-order chi connectivity index (χ0) is 25.8. The number of carbonyl (C=O) groups is 3. The first-order chi connectivity index (χ1) is 16.5. The molecule has 0 radical (unpaired) electrons. The van der Waals surface area contributed by atoms with E-state index in [-0.39, 0.29) is 24.9 Å². The van der Waals surface area contributed by atoms with Crippen molar-refractivity contribution in [3.63, 3.8) is 0 Å². The van der Waals surface area contributed by atoms with E-state index in [9.17, 15) is 14.4 Å². The Kier molecular flexibility index (Phi) is 8.30. The Morgan fingerprint density at radius 3 is 2.57 bits per heavy atom. The molecule has 0 aliphatic heterocycles. The molecular formula is C23H28N6O4S2. The maximum absolute atomic E-state index is 12.9. The summed E-state index contributed by atoms with van der Waals surface area (Å²) in [5.74, 6) is -1.05. The molecule has 0 aliphatic rings. The Morgan fingerprint density at radius 1 is 1.17 bits per heavy atom. The fraction of sp³-hybridized carbons (Fsp3) is 0.348. The van der Waals surface area contributed by atoms with E-state index in [4.69, 9.17) is 5.73 Å². The van der Waals surface area contributed by atoms with Gasteiger partial charge in [-0.15, -0.1) is 11.3 Å². The van der Waals surface area contributed by atoms with Gasteiger partial charge in [0.25, 0.3) is 5.91 Å². The minimum Gasteiger partial charge on any atom is -0.468 e. The molecule has 3 rings (SSSR count). The summed E-state index contributed by atoms with van der Waals surface area (Å²) in [6.45, 7) is 5.57. The smallest absolute Gasteiger partial charge is 0.319 e. The van der Waals surface area contributed by atoms with Crippen molar-refractivity contribution < 1.29 is 19.1 Å². The van der Waals surface area contributed by atoms with E-state index in [2.05, 4.69) is 30.7 Å². The molecule has 0 atom stereocenters. The molecule has 186 valence electrons. The van der Waals surface area contributed by atoms with Crippen molar-refractivity contribution in [3.8, 4) is 11.3 Å². The number of hydrogen-bond donors (Lipinski definition) is 4. The molecule has 2 heterocycles. The van der Waals surface area contributed by atoms with Crippen LogP contribution in [-0.4, -0.2) is 59.7 Å². The third-order valence-corrected chi connectivity index (χ3v) is 6.29. The molecule has 1 aromatic carbocycles. The van der Waals surface area contributed by atoms with Crippen LogP contribution in [-0.2, 0) is 14.3 Å². The number of benzene rings is 1.